The van der Waals surface area contributed by atoms with Crippen LogP contribution < -0.4 is 0 Å². The summed E-state index contributed by atoms with van der Waals surface area (Å²) in [5, 5.41) is 9.94. The zero-order valence-corrected chi connectivity index (χ0v) is 17.5. The van der Waals surface area contributed by atoms with Crippen LogP contribution >= 0.6 is 0 Å². The Morgan fingerprint density at radius 3 is 2.83 bits per heavy atom. The van der Waals surface area contributed by atoms with E-state index in [1.165, 1.54) is 0 Å². The van der Waals surface area contributed by atoms with E-state index in [1.807, 2.05) is 24.6 Å². The van der Waals surface area contributed by atoms with Gasteiger partial charge in [-0.1, -0.05) is 24.5 Å². The molecule has 0 spiro atoms. The first kappa shape index (κ1) is 20.8. The molecule has 3 rings (SSSR count). The van der Waals surface area contributed by atoms with E-state index < -0.39 is 0 Å². The van der Waals surface area contributed by atoms with Gasteiger partial charge >= 0.3 is 0 Å². The SMILES string of the molecule is C=C/C(C#Cc1cc(-c2cncn2C)nc2cc(C)c(CCC#N)cc12)=C\N=CC. The summed E-state index contributed by atoms with van der Waals surface area (Å²) in [7, 11) is 1.94. The Morgan fingerprint density at radius 1 is 1.33 bits per heavy atom. The van der Waals surface area contributed by atoms with Crippen LogP contribution in [0.3, 0.4) is 0 Å². The first-order valence-electron chi connectivity index (χ1n) is 9.67. The summed E-state index contributed by atoms with van der Waals surface area (Å²) in [6.07, 6.45) is 9.82. The molecule has 0 bridgehead atoms. The summed E-state index contributed by atoms with van der Waals surface area (Å²) >= 11 is 0. The fourth-order valence-corrected chi connectivity index (χ4v) is 3.15. The van der Waals surface area contributed by atoms with E-state index in [2.05, 4.69) is 53.5 Å². The quantitative estimate of drug-likeness (QED) is 0.351. The Kier molecular flexibility index (Phi) is 6.57. The van der Waals surface area contributed by atoms with E-state index in [0.717, 1.165) is 44.6 Å². The fourth-order valence-electron chi connectivity index (χ4n) is 3.15. The summed E-state index contributed by atoms with van der Waals surface area (Å²) in [5.74, 6) is 6.43. The number of aryl methyl sites for hydroxylation is 3. The lowest BCUT2D eigenvalue weighted by atomic mass is 9.98. The van der Waals surface area contributed by atoms with E-state index in [-0.39, 0.29) is 0 Å². The van der Waals surface area contributed by atoms with Crippen molar-refractivity contribution in [2.45, 2.75) is 26.7 Å². The molecular formula is C25H23N5. The summed E-state index contributed by atoms with van der Waals surface area (Å²) in [6, 6.07) is 8.38. The maximum absolute atomic E-state index is 8.98. The van der Waals surface area contributed by atoms with Crippen molar-refractivity contribution >= 4 is 17.1 Å². The third kappa shape index (κ3) is 4.54. The second-order valence-electron chi connectivity index (χ2n) is 6.84. The lowest BCUT2D eigenvalue weighted by Crippen LogP contribution is -1.97. The predicted molar refractivity (Wildman–Crippen MR) is 122 cm³/mol. The molecule has 0 unspecified atom stereocenters. The highest BCUT2D eigenvalue weighted by atomic mass is 15.0. The molecule has 0 radical (unpaired) electrons. The molecule has 3 aromatic rings. The van der Waals surface area contributed by atoms with Crippen LogP contribution in [-0.2, 0) is 13.5 Å². The number of aliphatic imine (C=N–C) groups is 1. The van der Waals surface area contributed by atoms with Gasteiger partial charge in [-0.05, 0) is 49.6 Å². The molecule has 0 saturated heterocycles. The minimum absolute atomic E-state index is 0.478. The second-order valence-corrected chi connectivity index (χ2v) is 6.84. The van der Waals surface area contributed by atoms with E-state index >= 15 is 0 Å². The molecule has 148 valence electrons. The monoisotopic (exact) mass is 393 g/mol. The number of hydrogen-bond donors (Lipinski definition) is 0. The third-order valence-corrected chi connectivity index (χ3v) is 4.78. The molecule has 2 aromatic heterocycles. The number of nitriles is 1. The predicted octanol–water partition coefficient (Wildman–Crippen LogP) is 4.91. The zero-order chi connectivity index (χ0) is 21.5. The number of hydrogen-bond acceptors (Lipinski definition) is 4. The number of benzene rings is 1. The largest absolute Gasteiger partial charge is 0.332 e. The number of imidazole rings is 1. The van der Waals surface area contributed by atoms with Gasteiger partial charge in [0.15, 0.2) is 0 Å². The van der Waals surface area contributed by atoms with Crippen LogP contribution in [0.1, 0.15) is 30.0 Å². The average Bonchev–Trinajstić information content (AvgIpc) is 3.18. The Hall–Kier alpha value is -3.96. The Morgan fingerprint density at radius 2 is 2.17 bits per heavy atom. The Labute approximate surface area is 177 Å². The zero-order valence-electron chi connectivity index (χ0n) is 17.5. The number of pyridine rings is 1. The van der Waals surface area contributed by atoms with Gasteiger partial charge in [-0.15, -0.1) is 0 Å². The molecule has 0 aliphatic carbocycles. The van der Waals surface area contributed by atoms with E-state index in [0.29, 0.717) is 12.8 Å². The Balaban J connectivity index is 2.24. The minimum atomic E-state index is 0.478. The van der Waals surface area contributed by atoms with Crippen molar-refractivity contribution in [3.63, 3.8) is 0 Å². The molecular weight excluding hydrogens is 370 g/mol. The molecule has 0 aliphatic heterocycles. The lowest BCUT2D eigenvalue weighted by molar-refractivity contribution is 0.917. The van der Waals surface area contributed by atoms with Crippen LogP contribution in [0, 0.1) is 30.1 Å². The molecule has 0 amide bonds. The molecule has 30 heavy (non-hydrogen) atoms. The molecule has 0 saturated carbocycles. The molecule has 2 heterocycles. The number of nitrogens with zero attached hydrogens (tertiary/aromatic N) is 5. The van der Waals surface area contributed by atoms with Gasteiger partial charge in [-0.2, -0.15) is 5.26 Å². The lowest BCUT2D eigenvalue weighted by Gasteiger charge is -2.10. The van der Waals surface area contributed by atoms with E-state index in [9.17, 15) is 0 Å². The first-order valence-corrected chi connectivity index (χ1v) is 9.67. The van der Waals surface area contributed by atoms with Gasteiger partial charge < -0.3 is 4.57 Å². The highest BCUT2D eigenvalue weighted by molar-refractivity contribution is 5.89. The molecule has 5 heteroatoms. The van der Waals surface area contributed by atoms with Crippen molar-refractivity contribution in [3.05, 3.63) is 71.8 Å². The highest BCUT2D eigenvalue weighted by Gasteiger charge is 2.11. The van der Waals surface area contributed by atoms with E-state index in [1.54, 1.807) is 31.0 Å². The van der Waals surface area contributed by atoms with Gasteiger partial charge in [-0.3, -0.25) is 4.99 Å². The number of aromatic nitrogens is 3. The van der Waals surface area contributed by atoms with Gasteiger partial charge in [0.1, 0.15) is 0 Å². The van der Waals surface area contributed by atoms with E-state index in [4.69, 9.17) is 10.2 Å². The number of allylic oxidation sites excluding steroid dienone is 2. The van der Waals surface area contributed by atoms with Gasteiger partial charge in [0.25, 0.3) is 0 Å². The van der Waals surface area contributed by atoms with Crippen LogP contribution in [0.25, 0.3) is 22.3 Å². The molecule has 1 aromatic carbocycles. The van der Waals surface area contributed by atoms with Crippen LogP contribution in [0.4, 0.5) is 0 Å². The van der Waals surface area contributed by atoms with Crippen LogP contribution in [-0.4, -0.2) is 20.7 Å². The molecule has 0 aliphatic rings. The smallest absolute Gasteiger partial charge is 0.0948 e. The minimum Gasteiger partial charge on any atom is -0.332 e. The van der Waals surface area contributed by atoms with Crippen molar-refractivity contribution < 1.29 is 0 Å². The standard InChI is InChI=1S/C25H23N5/c1-5-19(15-27-6-2)9-10-21-14-24(25-16-28-17-30(25)4)29-23-12-18(3)20(8-7-11-26)13-22(21)23/h5-6,12-17H,1,7-8H2,2-4H3/b19-15+,27-6?. The summed E-state index contributed by atoms with van der Waals surface area (Å²) in [6.45, 7) is 7.72. The topological polar surface area (TPSA) is 66.9 Å². The van der Waals surface area contributed by atoms with Crippen molar-refractivity contribution in [1.82, 2.24) is 14.5 Å². The third-order valence-electron chi connectivity index (χ3n) is 4.78. The molecule has 0 N–H and O–H groups in total. The molecule has 0 fully saturated rings. The average molecular weight is 393 g/mol. The molecule has 0 atom stereocenters. The molecule has 5 nitrogen and oxygen atoms in total. The second kappa shape index (κ2) is 9.49. The summed E-state index contributed by atoms with van der Waals surface area (Å²) < 4.78 is 1.94. The maximum Gasteiger partial charge on any atom is 0.0948 e. The van der Waals surface area contributed by atoms with Crippen LogP contribution in [0.5, 0.6) is 0 Å². The van der Waals surface area contributed by atoms with Crippen LogP contribution in [0.15, 0.2) is 60.1 Å². The van der Waals surface area contributed by atoms with Gasteiger partial charge in [0.05, 0.1) is 35.5 Å². The van der Waals surface area contributed by atoms with Gasteiger partial charge in [0, 0.05) is 42.4 Å². The first-order chi connectivity index (χ1) is 14.6. The highest BCUT2D eigenvalue weighted by Crippen LogP contribution is 2.27. The summed E-state index contributed by atoms with van der Waals surface area (Å²) in [5.41, 5.74) is 6.45. The fraction of sp³-hybridized carbons (Fsp3) is 0.200. The van der Waals surface area contributed by atoms with Gasteiger partial charge in [-0.25, -0.2) is 9.97 Å². The normalized spacial score (nSPS) is 11.3. The Bertz CT molecular complexity index is 1260. The van der Waals surface area contributed by atoms with Crippen molar-refractivity contribution in [3.8, 4) is 29.3 Å². The van der Waals surface area contributed by atoms with Crippen molar-refractivity contribution in [2.24, 2.45) is 12.0 Å². The maximum atomic E-state index is 8.98. The van der Waals surface area contributed by atoms with Crippen LogP contribution in [0.2, 0.25) is 0 Å². The van der Waals surface area contributed by atoms with Gasteiger partial charge in [0.2, 0.25) is 0 Å². The van der Waals surface area contributed by atoms with Crippen molar-refractivity contribution in [1.29, 1.82) is 5.26 Å². The summed E-state index contributed by atoms with van der Waals surface area (Å²) in [4.78, 5) is 13.2. The van der Waals surface area contributed by atoms with Crippen molar-refractivity contribution in [2.75, 3.05) is 0 Å². The number of rotatable bonds is 5. The number of fused-ring (bicyclic) bond motifs is 1.